The number of amides is 2. The Balaban J connectivity index is 1.95. The second kappa shape index (κ2) is 11.3. The molecule has 2 atom stereocenters. The van der Waals surface area contributed by atoms with Gasteiger partial charge in [-0.1, -0.05) is 50.6 Å². The van der Waals surface area contributed by atoms with Gasteiger partial charge in [-0.2, -0.15) is 0 Å². The lowest BCUT2D eigenvalue weighted by Gasteiger charge is -2.23. The van der Waals surface area contributed by atoms with Crippen LogP contribution in [0.25, 0.3) is 0 Å². The molecular weight excluding hydrogens is 374 g/mol. The Morgan fingerprint density at radius 1 is 1.17 bits per heavy atom. The maximum Gasteiger partial charge on any atom is 0.408 e. The zero-order chi connectivity index (χ0) is 21.2. The number of rotatable bonds is 7. The molecule has 1 fully saturated rings. The lowest BCUT2D eigenvalue weighted by atomic mass is 9.87. The molecule has 8 nitrogen and oxygen atoms in total. The van der Waals surface area contributed by atoms with Crippen molar-refractivity contribution in [1.29, 1.82) is 0 Å². The molecule has 2 amide bonds. The van der Waals surface area contributed by atoms with Crippen LogP contribution in [-0.2, 0) is 25.7 Å². The number of hydrogen-bond donors (Lipinski definition) is 3. The van der Waals surface area contributed by atoms with Gasteiger partial charge in [-0.25, -0.2) is 10.2 Å². The Bertz CT molecular complexity index is 720. The molecule has 158 valence electrons. The van der Waals surface area contributed by atoms with Crippen LogP contribution < -0.4 is 16.2 Å². The predicted molar refractivity (Wildman–Crippen MR) is 107 cm³/mol. The van der Waals surface area contributed by atoms with Gasteiger partial charge in [0, 0.05) is 18.9 Å². The maximum atomic E-state index is 12.8. The van der Waals surface area contributed by atoms with Crippen molar-refractivity contribution in [3.05, 3.63) is 35.9 Å². The summed E-state index contributed by atoms with van der Waals surface area (Å²) in [5.74, 6) is -2.50. The van der Waals surface area contributed by atoms with Crippen molar-refractivity contribution in [3.8, 4) is 0 Å². The minimum atomic E-state index is -0.792. The van der Waals surface area contributed by atoms with Gasteiger partial charge in [0.25, 0.3) is 0 Å². The van der Waals surface area contributed by atoms with Crippen LogP contribution in [0.3, 0.4) is 0 Å². The summed E-state index contributed by atoms with van der Waals surface area (Å²) in [6.07, 6.45) is 1.20. The maximum absolute atomic E-state index is 12.8. The van der Waals surface area contributed by atoms with Crippen LogP contribution in [0.5, 0.6) is 0 Å². The van der Waals surface area contributed by atoms with E-state index in [0.717, 1.165) is 18.4 Å². The van der Waals surface area contributed by atoms with Gasteiger partial charge < -0.3 is 10.1 Å². The van der Waals surface area contributed by atoms with E-state index in [1.165, 1.54) is 0 Å². The fourth-order valence-corrected chi connectivity index (χ4v) is 3.20. The Labute approximate surface area is 170 Å². The van der Waals surface area contributed by atoms with E-state index < -0.39 is 29.7 Å². The fraction of sp³-hybridized carbons (Fsp3) is 0.524. The third kappa shape index (κ3) is 7.30. The highest BCUT2D eigenvalue weighted by atomic mass is 16.5. The van der Waals surface area contributed by atoms with E-state index in [9.17, 15) is 19.2 Å². The molecule has 0 aliphatic carbocycles. The largest absolute Gasteiger partial charge is 0.445 e. The third-order valence-corrected chi connectivity index (χ3v) is 4.85. The fourth-order valence-electron chi connectivity index (χ4n) is 3.20. The summed E-state index contributed by atoms with van der Waals surface area (Å²) in [4.78, 5) is 49.2. The topological polar surface area (TPSA) is 114 Å². The smallest absolute Gasteiger partial charge is 0.408 e. The summed E-state index contributed by atoms with van der Waals surface area (Å²) in [6, 6.07) is 8.43. The zero-order valence-corrected chi connectivity index (χ0v) is 16.9. The molecule has 0 aromatic heterocycles. The monoisotopic (exact) mass is 403 g/mol. The number of benzene rings is 1. The molecule has 1 heterocycles. The molecule has 0 spiro atoms. The van der Waals surface area contributed by atoms with E-state index in [4.69, 9.17) is 4.74 Å². The van der Waals surface area contributed by atoms with Crippen LogP contribution in [0.1, 0.15) is 45.1 Å². The molecule has 1 saturated heterocycles. The minimum absolute atomic E-state index is 0.0892. The second-order valence-corrected chi connectivity index (χ2v) is 7.54. The standard InChI is InChI=1S/C21H29N3O5/c1-14(2)18(23-21(28)29-13-15-8-4-3-5-9-15)17(25)12-16-10-6-7-11-22-24-20(27)19(16)26/h3-5,8-9,14,16,18,22H,6-7,10-13H2,1-2H3,(H,23,28)(H,24,27). The molecule has 0 saturated carbocycles. The van der Waals surface area contributed by atoms with Crippen LogP contribution in [0.4, 0.5) is 4.79 Å². The van der Waals surface area contributed by atoms with Gasteiger partial charge in [-0.05, 0) is 24.3 Å². The lowest BCUT2D eigenvalue weighted by molar-refractivity contribution is -0.141. The van der Waals surface area contributed by atoms with Crippen LogP contribution in [0.15, 0.2) is 30.3 Å². The molecule has 0 radical (unpaired) electrons. The first kappa shape index (κ1) is 22.5. The summed E-state index contributed by atoms with van der Waals surface area (Å²) in [5, 5.41) is 2.61. The highest BCUT2D eigenvalue weighted by molar-refractivity contribution is 6.37. The average Bonchev–Trinajstić information content (AvgIpc) is 2.78. The van der Waals surface area contributed by atoms with Gasteiger partial charge in [0.1, 0.15) is 6.61 Å². The number of carbonyl (C=O) groups excluding carboxylic acids is 4. The van der Waals surface area contributed by atoms with Gasteiger partial charge in [0.2, 0.25) is 5.78 Å². The second-order valence-electron chi connectivity index (χ2n) is 7.54. The lowest BCUT2D eigenvalue weighted by Crippen LogP contribution is -2.47. The number of carbonyl (C=O) groups is 4. The summed E-state index contributed by atoms with van der Waals surface area (Å²) in [7, 11) is 0. The molecule has 29 heavy (non-hydrogen) atoms. The Kier molecular flexibility index (Phi) is 8.79. The molecule has 3 N–H and O–H groups in total. The first-order valence-corrected chi connectivity index (χ1v) is 9.95. The third-order valence-electron chi connectivity index (χ3n) is 4.85. The summed E-state index contributed by atoms with van der Waals surface area (Å²) in [6.45, 7) is 4.28. The van der Waals surface area contributed by atoms with Crippen molar-refractivity contribution in [3.63, 3.8) is 0 Å². The molecule has 2 rings (SSSR count). The molecule has 1 aliphatic rings. The number of ketones is 2. The summed E-state index contributed by atoms with van der Waals surface area (Å²) in [5.41, 5.74) is 5.89. The highest BCUT2D eigenvalue weighted by Crippen LogP contribution is 2.19. The zero-order valence-electron chi connectivity index (χ0n) is 16.9. The van der Waals surface area contributed by atoms with E-state index in [-0.39, 0.29) is 24.7 Å². The minimum Gasteiger partial charge on any atom is -0.445 e. The number of ether oxygens (including phenoxy) is 1. The summed E-state index contributed by atoms with van der Waals surface area (Å²) >= 11 is 0. The van der Waals surface area contributed by atoms with E-state index in [0.29, 0.717) is 13.0 Å². The Hall–Kier alpha value is -2.74. The van der Waals surface area contributed by atoms with Crippen molar-refractivity contribution in [2.24, 2.45) is 11.8 Å². The van der Waals surface area contributed by atoms with Crippen molar-refractivity contribution in [2.75, 3.05) is 6.54 Å². The quantitative estimate of drug-likeness (QED) is 0.599. The van der Waals surface area contributed by atoms with Crippen molar-refractivity contribution >= 4 is 23.6 Å². The van der Waals surface area contributed by atoms with Gasteiger partial charge in [-0.3, -0.25) is 19.8 Å². The van der Waals surface area contributed by atoms with E-state index >= 15 is 0 Å². The van der Waals surface area contributed by atoms with Crippen LogP contribution in [0.2, 0.25) is 0 Å². The van der Waals surface area contributed by atoms with Gasteiger partial charge in [0.05, 0.1) is 6.04 Å². The van der Waals surface area contributed by atoms with E-state index in [1.54, 1.807) is 0 Å². The Morgan fingerprint density at radius 2 is 1.90 bits per heavy atom. The molecule has 1 aromatic rings. The number of hydrazine groups is 1. The molecule has 8 heteroatoms. The summed E-state index contributed by atoms with van der Waals surface area (Å²) < 4.78 is 5.20. The average molecular weight is 403 g/mol. The van der Waals surface area contributed by atoms with Crippen LogP contribution in [-0.4, -0.2) is 36.2 Å². The highest BCUT2D eigenvalue weighted by Gasteiger charge is 2.32. The molecule has 2 unspecified atom stereocenters. The first-order valence-electron chi connectivity index (χ1n) is 9.95. The normalized spacial score (nSPS) is 18.8. The van der Waals surface area contributed by atoms with Crippen molar-refractivity contribution < 1.29 is 23.9 Å². The number of alkyl carbamates (subject to hydrolysis) is 1. The Morgan fingerprint density at radius 3 is 2.59 bits per heavy atom. The molecular formula is C21H29N3O5. The van der Waals surface area contributed by atoms with Gasteiger partial charge in [-0.15, -0.1) is 0 Å². The molecule has 0 bridgehead atoms. The predicted octanol–water partition coefficient (Wildman–Crippen LogP) is 1.89. The van der Waals surface area contributed by atoms with Gasteiger partial charge >= 0.3 is 12.0 Å². The van der Waals surface area contributed by atoms with Crippen LogP contribution >= 0.6 is 0 Å². The van der Waals surface area contributed by atoms with E-state index in [1.807, 2.05) is 44.2 Å². The van der Waals surface area contributed by atoms with E-state index in [2.05, 4.69) is 16.2 Å². The van der Waals surface area contributed by atoms with Crippen molar-refractivity contribution in [1.82, 2.24) is 16.2 Å². The SMILES string of the molecule is CC(C)C(NC(=O)OCc1ccccc1)C(=O)CC1CCCCNNC(=O)C1=O. The van der Waals surface area contributed by atoms with Gasteiger partial charge in [0.15, 0.2) is 5.78 Å². The van der Waals surface area contributed by atoms with Crippen LogP contribution in [0, 0.1) is 11.8 Å². The van der Waals surface area contributed by atoms with Crippen molar-refractivity contribution in [2.45, 2.75) is 52.2 Å². The molecule has 1 aromatic carbocycles. The number of nitrogens with one attached hydrogen (secondary N) is 3. The first-order chi connectivity index (χ1) is 13.9. The number of Topliss-reactive ketones (excluding diaryl/α,β-unsaturated/α-hetero) is 2. The molecule has 1 aliphatic heterocycles. The number of hydrogen-bond acceptors (Lipinski definition) is 6.